The molecular weight excluding hydrogens is 250 g/mol. The van der Waals surface area contributed by atoms with Crippen LogP contribution in [0.1, 0.15) is 31.8 Å². The van der Waals surface area contributed by atoms with Crippen molar-refractivity contribution in [3.8, 4) is 0 Å². The average molecular weight is 267 g/mol. The second-order valence-electron chi connectivity index (χ2n) is 4.75. The highest BCUT2D eigenvalue weighted by molar-refractivity contribution is 6.01. The van der Waals surface area contributed by atoms with Crippen molar-refractivity contribution in [1.82, 2.24) is 5.32 Å². The molecule has 3 nitrogen and oxygen atoms in total. The Kier molecular flexibility index (Phi) is 4.31. The minimum atomic E-state index is -0.185. The van der Waals surface area contributed by atoms with E-state index in [1.807, 2.05) is 31.2 Å². The molecule has 0 aliphatic carbocycles. The Hall–Kier alpha value is -2.42. The predicted molar refractivity (Wildman–Crippen MR) is 79.0 cm³/mol. The fourth-order valence-corrected chi connectivity index (χ4v) is 1.97. The third-order valence-electron chi connectivity index (χ3n) is 3.16. The summed E-state index contributed by atoms with van der Waals surface area (Å²) in [5.74, 6) is -0.172. The zero-order valence-electron chi connectivity index (χ0n) is 11.6. The largest absolute Gasteiger partial charge is 0.355 e. The third-order valence-corrected chi connectivity index (χ3v) is 3.16. The lowest BCUT2D eigenvalue weighted by Crippen LogP contribution is -2.18. The first-order valence-corrected chi connectivity index (χ1v) is 6.51. The van der Waals surface area contributed by atoms with Gasteiger partial charge >= 0.3 is 0 Å². The molecule has 0 saturated heterocycles. The van der Waals surface area contributed by atoms with Gasteiger partial charge in [0.1, 0.15) is 0 Å². The monoisotopic (exact) mass is 267 g/mol. The molecule has 102 valence electrons. The lowest BCUT2D eigenvalue weighted by molar-refractivity contribution is 0.0963. The number of amides is 1. The van der Waals surface area contributed by atoms with Gasteiger partial charge in [-0.1, -0.05) is 42.0 Å². The highest BCUT2D eigenvalue weighted by atomic mass is 16.1. The third kappa shape index (κ3) is 3.32. The molecule has 20 heavy (non-hydrogen) atoms. The molecule has 2 aromatic carbocycles. The number of carbonyl (C=O) groups excluding carboxylic acids is 2. The Morgan fingerprint density at radius 2 is 1.65 bits per heavy atom. The van der Waals surface area contributed by atoms with Crippen molar-refractivity contribution in [2.24, 2.45) is 0 Å². The van der Waals surface area contributed by atoms with E-state index >= 15 is 0 Å². The molecule has 0 aliphatic heterocycles. The number of Topliss-reactive ketones (excluding diaryl/α,β-unsaturated/α-hetero) is 1. The minimum absolute atomic E-state index is 0.0135. The summed E-state index contributed by atoms with van der Waals surface area (Å²) in [4.78, 5) is 23.8. The zero-order valence-corrected chi connectivity index (χ0v) is 11.6. The molecule has 0 fully saturated rings. The van der Waals surface area contributed by atoms with Crippen molar-refractivity contribution in [2.45, 2.75) is 13.3 Å². The summed E-state index contributed by atoms with van der Waals surface area (Å²) in [6.07, 6.45) is 0.345. The summed E-state index contributed by atoms with van der Waals surface area (Å²) in [5.41, 5.74) is 3.21. The van der Waals surface area contributed by atoms with Gasteiger partial charge in [-0.05, 0) is 24.6 Å². The molecule has 1 amide bonds. The van der Waals surface area contributed by atoms with Gasteiger partial charge in [-0.2, -0.15) is 0 Å². The molecule has 0 bridgehead atoms. The van der Waals surface area contributed by atoms with Crippen LogP contribution in [0.4, 0.5) is 0 Å². The van der Waals surface area contributed by atoms with Crippen LogP contribution in [-0.2, 0) is 6.42 Å². The number of rotatable bonds is 4. The number of ketones is 1. The van der Waals surface area contributed by atoms with Crippen molar-refractivity contribution in [1.29, 1.82) is 0 Å². The Bertz CT molecular complexity index is 630. The Labute approximate surface area is 118 Å². The van der Waals surface area contributed by atoms with E-state index in [9.17, 15) is 9.59 Å². The molecule has 0 aromatic heterocycles. The van der Waals surface area contributed by atoms with E-state index in [0.717, 1.165) is 5.56 Å². The molecule has 2 rings (SSSR count). The van der Waals surface area contributed by atoms with Crippen LogP contribution >= 0.6 is 0 Å². The minimum Gasteiger partial charge on any atom is -0.355 e. The van der Waals surface area contributed by atoms with Crippen LogP contribution in [0.2, 0.25) is 0 Å². The fourth-order valence-electron chi connectivity index (χ4n) is 1.97. The summed E-state index contributed by atoms with van der Waals surface area (Å²) in [6, 6.07) is 14.7. The number of benzene rings is 2. The maximum atomic E-state index is 12.2. The van der Waals surface area contributed by atoms with Crippen molar-refractivity contribution in [2.75, 3.05) is 7.05 Å². The topological polar surface area (TPSA) is 46.2 Å². The average Bonchev–Trinajstić information content (AvgIpc) is 2.49. The van der Waals surface area contributed by atoms with Gasteiger partial charge < -0.3 is 5.32 Å². The standard InChI is InChI=1S/C17H17NO2/c1-12-6-8-13(9-7-12)10-16(19)14-4-3-5-15(11-14)17(20)18-2/h3-9,11H,10H2,1-2H3,(H,18,20). The van der Waals surface area contributed by atoms with E-state index in [1.54, 1.807) is 31.3 Å². The molecule has 0 heterocycles. The summed E-state index contributed by atoms with van der Waals surface area (Å²) in [5, 5.41) is 2.55. The van der Waals surface area contributed by atoms with E-state index in [4.69, 9.17) is 0 Å². The van der Waals surface area contributed by atoms with E-state index in [-0.39, 0.29) is 11.7 Å². The lowest BCUT2D eigenvalue weighted by Gasteiger charge is -2.05. The van der Waals surface area contributed by atoms with E-state index in [1.165, 1.54) is 5.56 Å². The first kappa shape index (κ1) is 14.0. The van der Waals surface area contributed by atoms with E-state index in [0.29, 0.717) is 17.5 Å². The van der Waals surface area contributed by atoms with Crippen LogP contribution in [0, 0.1) is 6.92 Å². The second kappa shape index (κ2) is 6.15. The van der Waals surface area contributed by atoms with Gasteiger partial charge in [0.2, 0.25) is 0 Å². The molecule has 0 unspecified atom stereocenters. The summed E-state index contributed by atoms with van der Waals surface area (Å²) in [7, 11) is 1.57. The van der Waals surface area contributed by atoms with Gasteiger partial charge in [-0.25, -0.2) is 0 Å². The number of hydrogen-bond acceptors (Lipinski definition) is 2. The SMILES string of the molecule is CNC(=O)c1cccc(C(=O)Cc2ccc(C)cc2)c1. The maximum absolute atomic E-state index is 12.2. The van der Waals surface area contributed by atoms with Gasteiger partial charge in [0.05, 0.1) is 0 Å². The first-order chi connectivity index (χ1) is 9.60. The van der Waals surface area contributed by atoms with Crippen molar-refractivity contribution >= 4 is 11.7 Å². The van der Waals surface area contributed by atoms with Gasteiger partial charge in [0, 0.05) is 24.6 Å². The molecule has 0 spiro atoms. The van der Waals surface area contributed by atoms with Crippen LogP contribution in [0.5, 0.6) is 0 Å². The van der Waals surface area contributed by atoms with Crippen molar-refractivity contribution in [3.05, 3.63) is 70.8 Å². The predicted octanol–water partition coefficient (Wildman–Crippen LogP) is 2.78. The quantitative estimate of drug-likeness (QED) is 0.866. The van der Waals surface area contributed by atoms with E-state index in [2.05, 4.69) is 5.32 Å². The second-order valence-corrected chi connectivity index (χ2v) is 4.75. The smallest absolute Gasteiger partial charge is 0.251 e. The molecule has 0 radical (unpaired) electrons. The summed E-state index contributed by atoms with van der Waals surface area (Å²) < 4.78 is 0. The molecule has 3 heteroatoms. The number of hydrogen-bond donors (Lipinski definition) is 1. The number of nitrogens with one attached hydrogen (secondary N) is 1. The summed E-state index contributed by atoms with van der Waals surface area (Å²) >= 11 is 0. The van der Waals surface area contributed by atoms with Gasteiger partial charge in [0.25, 0.3) is 5.91 Å². The highest BCUT2D eigenvalue weighted by Gasteiger charge is 2.10. The van der Waals surface area contributed by atoms with Crippen molar-refractivity contribution < 1.29 is 9.59 Å². The zero-order chi connectivity index (χ0) is 14.5. The highest BCUT2D eigenvalue weighted by Crippen LogP contribution is 2.11. The van der Waals surface area contributed by atoms with Gasteiger partial charge in [-0.3, -0.25) is 9.59 Å². The molecule has 1 N–H and O–H groups in total. The molecular formula is C17H17NO2. The van der Waals surface area contributed by atoms with Crippen LogP contribution in [0.3, 0.4) is 0 Å². The van der Waals surface area contributed by atoms with E-state index < -0.39 is 0 Å². The molecule has 0 saturated carbocycles. The number of carbonyl (C=O) groups is 2. The molecule has 0 aliphatic rings. The van der Waals surface area contributed by atoms with Gasteiger partial charge in [0.15, 0.2) is 5.78 Å². The van der Waals surface area contributed by atoms with Crippen LogP contribution in [0.25, 0.3) is 0 Å². The molecule has 0 atom stereocenters. The van der Waals surface area contributed by atoms with Gasteiger partial charge in [-0.15, -0.1) is 0 Å². The lowest BCUT2D eigenvalue weighted by atomic mass is 10.0. The maximum Gasteiger partial charge on any atom is 0.251 e. The van der Waals surface area contributed by atoms with Crippen LogP contribution in [0.15, 0.2) is 48.5 Å². The molecule has 2 aromatic rings. The van der Waals surface area contributed by atoms with Crippen LogP contribution in [-0.4, -0.2) is 18.7 Å². The Balaban J connectivity index is 2.17. The fraction of sp³-hybridized carbons (Fsp3) is 0.176. The normalized spacial score (nSPS) is 10.1. The van der Waals surface area contributed by atoms with Crippen molar-refractivity contribution in [3.63, 3.8) is 0 Å². The first-order valence-electron chi connectivity index (χ1n) is 6.51. The van der Waals surface area contributed by atoms with Crippen LogP contribution < -0.4 is 5.32 Å². The summed E-state index contributed by atoms with van der Waals surface area (Å²) in [6.45, 7) is 2.01. The Morgan fingerprint density at radius 3 is 2.30 bits per heavy atom. The Morgan fingerprint density at radius 1 is 1.00 bits per heavy atom. The number of aryl methyl sites for hydroxylation is 1.